The number of carbonyl (C=O) groups excluding carboxylic acids is 1. The van der Waals surface area contributed by atoms with Gasteiger partial charge in [-0.15, -0.1) is 24.0 Å². The van der Waals surface area contributed by atoms with E-state index in [2.05, 4.69) is 30.0 Å². The summed E-state index contributed by atoms with van der Waals surface area (Å²) in [6.45, 7) is 2.57. The van der Waals surface area contributed by atoms with Gasteiger partial charge in [-0.25, -0.2) is 0 Å². The largest absolute Gasteiger partial charge is 0.347 e. The third-order valence-corrected chi connectivity index (χ3v) is 3.94. The lowest BCUT2D eigenvalue weighted by atomic mass is 10.2. The monoisotopic (exact) mass is 281 g/mol. The average molecular weight is 281 g/mol. The Kier molecular flexibility index (Phi) is 4.08. The molecule has 4 nitrogen and oxygen atoms in total. The van der Waals surface area contributed by atoms with E-state index >= 15 is 0 Å². The summed E-state index contributed by atoms with van der Waals surface area (Å²) >= 11 is 5.59. The van der Waals surface area contributed by atoms with Gasteiger partial charge in [-0.2, -0.15) is 5.10 Å². The van der Waals surface area contributed by atoms with E-state index in [0.717, 1.165) is 22.6 Å². The third-order valence-electron chi connectivity index (χ3n) is 2.58. The molecule has 2 aromatic heterocycles. The number of nitrogens with one attached hydrogen (secondary N) is 1. The van der Waals surface area contributed by atoms with E-state index in [4.69, 9.17) is 0 Å². The van der Waals surface area contributed by atoms with Gasteiger partial charge in [0.1, 0.15) is 0 Å². The topological polar surface area (TPSA) is 46.9 Å². The maximum absolute atomic E-state index is 11.9. The molecule has 6 heteroatoms. The number of hydrogen-bond donors (Lipinski definition) is 2. The van der Waals surface area contributed by atoms with E-state index in [0.29, 0.717) is 11.4 Å². The molecule has 2 rings (SSSR count). The normalized spacial score (nSPS) is 10.6. The molecule has 0 aliphatic heterocycles. The highest BCUT2D eigenvalue weighted by atomic mass is 32.1. The Hall–Kier alpha value is -1.27. The second-order valence-corrected chi connectivity index (χ2v) is 5.41. The van der Waals surface area contributed by atoms with Crippen LogP contribution in [0.5, 0.6) is 0 Å². The third kappa shape index (κ3) is 2.94. The van der Waals surface area contributed by atoms with Crippen LogP contribution in [0.25, 0.3) is 0 Å². The highest BCUT2D eigenvalue weighted by Crippen LogP contribution is 2.17. The molecule has 0 fully saturated rings. The minimum Gasteiger partial charge on any atom is -0.347 e. The second kappa shape index (κ2) is 5.58. The zero-order valence-electron chi connectivity index (χ0n) is 10.3. The lowest BCUT2D eigenvalue weighted by molar-refractivity contribution is 0.0955. The Labute approximate surface area is 115 Å². The van der Waals surface area contributed by atoms with Crippen molar-refractivity contribution in [3.05, 3.63) is 33.8 Å². The highest BCUT2D eigenvalue weighted by Gasteiger charge is 2.10. The number of thiol groups is 1. The Morgan fingerprint density at radius 1 is 1.61 bits per heavy atom. The standard InChI is InChI=1S/C12H15N3OS2/c1-3-10-8(6-15(2)14-10)5-13-12(16)11-4-9(17)7-18-11/h4,6-7,17H,3,5H2,1-2H3,(H,13,16). The second-order valence-electron chi connectivity index (χ2n) is 3.98. The van der Waals surface area contributed by atoms with Crippen molar-refractivity contribution in [2.75, 3.05) is 0 Å². The minimum atomic E-state index is -0.0637. The van der Waals surface area contributed by atoms with E-state index in [1.807, 2.05) is 18.6 Å². The van der Waals surface area contributed by atoms with Crippen LogP contribution in [0.3, 0.4) is 0 Å². The van der Waals surface area contributed by atoms with Gasteiger partial charge in [0, 0.05) is 35.6 Å². The number of rotatable bonds is 4. The molecule has 1 N–H and O–H groups in total. The predicted molar refractivity (Wildman–Crippen MR) is 75.3 cm³/mol. The Morgan fingerprint density at radius 2 is 2.39 bits per heavy atom. The van der Waals surface area contributed by atoms with Gasteiger partial charge < -0.3 is 5.32 Å². The van der Waals surface area contributed by atoms with Crippen molar-refractivity contribution in [2.45, 2.75) is 24.8 Å². The van der Waals surface area contributed by atoms with Gasteiger partial charge in [-0.05, 0) is 12.5 Å². The fourth-order valence-corrected chi connectivity index (χ4v) is 2.80. The van der Waals surface area contributed by atoms with E-state index < -0.39 is 0 Å². The number of aryl methyl sites for hydroxylation is 2. The number of carbonyl (C=O) groups is 1. The van der Waals surface area contributed by atoms with Crippen LogP contribution in [0.1, 0.15) is 27.9 Å². The number of thiophene rings is 1. The van der Waals surface area contributed by atoms with Gasteiger partial charge in [0.2, 0.25) is 0 Å². The molecule has 0 unspecified atom stereocenters. The maximum atomic E-state index is 11.9. The summed E-state index contributed by atoms with van der Waals surface area (Å²) < 4.78 is 1.78. The molecule has 0 spiro atoms. The first-order valence-corrected chi connectivity index (χ1v) is 7.00. The number of nitrogens with zero attached hydrogens (tertiary/aromatic N) is 2. The van der Waals surface area contributed by atoms with Crippen LogP contribution >= 0.6 is 24.0 Å². The van der Waals surface area contributed by atoms with Crippen molar-refractivity contribution in [1.82, 2.24) is 15.1 Å². The zero-order valence-corrected chi connectivity index (χ0v) is 12.0. The van der Waals surface area contributed by atoms with Crippen LogP contribution in [-0.2, 0) is 20.0 Å². The Morgan fingerprint density at radius 3 is 3.00 bits per heavy atom. The SMILES string of the molecule is CCc1nn(C)cc1CNC(=O)c1cc(S)cs1. The summed E-state index contributed by atoms with van der Waals surface area (Å²) in [4.78, 5) is 13.4. The summed E-state index contributed by atoms with van der Waals surface area (Å²) in [6, 6.07) is 1.77. The average Bonchev–Trinajstić information content (AvgIpc) is 2.92. The van der Waals surface area contributed by atoms with E-state index in [1.54, 1.807) is 10.7 Å². The molecule has 0 aromatic carbocycles. The molecule has 0 aliphatic carbocycles. The first kappa shape index (κ1) is 13.2. The van der Waals surface area contributed by atoms with Crippen molar-refractivity contribution in [3.8, 4) is 0 Å². The molecule has 2 aromatic rings. The van der Waals surface area contributed by atoms with Crippen LogP contribution in [0.4, 0.5) is 0 Å². The van der Waals surface area contributed by atoms with Crippen LogP contribution in [0, 0.1) is 0 Å². The van der Waals surface area contributed by atoms with Crippen molar-refractivity contribution in [3.63, 3.8) is 0 Å². The summed E-state index contributed by atoms with van der Waals surface area (Å²) in [5.74, 6) is -0.0637. The zero-order chi connectivity index (χ0) is 13.1. The van der Waals surface area contributed by atoms with Gasteiger partial charge in [-0.3, -0.25) is 9.48 Å². The van der Waals surface area contributed by atoms with Crippen molar-refractivity contribution in [2.24, 2.45) is 7.05 Å². The van der Waals surface area contributed by atoms with E-state index in [-0.39, 0.29) is 5.91 Å². The molecule has 0 atom stereocenters. The van der Waals surface area contributed by atoms with Crippen molar-refractivity contribution >= 4 is 29.9 Å². The van der Waals surface area contributed by atoms with Gasteiger partial charge in [0.25, 0.3) is 5.91 Å². The molecule has 0 bridgehead atoms. The first-order chi connectivity index (χ1) is 8.60. The first-order valence-electron chi connectivity index (χ1n) is 5.67. The fourth-order valence-electron chi connectivity index (χ4n) is 1.74. The lowest BCUT2D eigenvalue weighted by Gasteiger charge is -2.02. The molecule has 1 amide bonds. The molecular weight excluding hydrogens is 266 g/mol. The van der Waals surface area contributed by atoms with Crippen LogP contribution < -0.4 is 5.32 Å². The van der Waals surface area contributed by atoms with Crippen molar-refractivity contribution < 1.29 is 4.79 Å². The predicted octanol–water partition coefficient (Wildman–Crippen LogP) is 2.26. The Bertz CT molecular complexity index is 559. The van der Waals surface area contributed by atoms with Crippen LogP contribution in [-0.4, -0.2) is 15.7 Å². The smallest absolute Gasteiger partial charge is 0.261 e. The molecule has 0 radical (unpaired) electrons. The number of amides is 1. The lowest BCUT2D eigenvalue weighted by Crippen LogP contribution is -2.22. The van der Waals surface area contributed by atoms with Gasteiger partial charge in [0.05, 0.1) is 10.6 Å². The summed E-state index contributed by atoms with van der Waals surface area (Å²) in [5.41, 5.74) is 2.09. The van der Waals surface area contributed by atoms with Crippen LogP contribution in [0.15, 0.2) is 22.5 Å². The van der Waals surface area contributed by atoms with Gasteiger partial charge in [0.15, 0.2) is 0 Å². The molecule has 0 saturated heterocycles. The molecular formula is C12H15N3OS2. The molecule has 18 heavy (non-hydrogen) atoms. The summed E-state index contributed by atoms with van der Waals surface area (Å²) in [7, 11) is 1.89. The van der Waals surface area contributed by atoms with Gasteiger partial charge >= 0.3 is 0 Å². The van der Waals surface area contributed by atoms with E-state index in [1.165, 1.54) is 11.3 Å². The van der Waals surface area contributed by atoms with Crippen molar-refractivity contribution in [1.29, 1.82) is 0 Å². The molecule has 2 heterocycles. The molecule has 0 saturated carbocycles. The number of aromatic nitrogens is 2. The maximum Gasteiger partial charge on any atom is 0.261 e. The van der Waals surface area contributed by atoms with E-state index in [9.17, 15) is 4.79 Å². The number of hydrogen-bond acceptors (Lipinski definition) is 4. The Balaban J connectivity index is 2.01. The van der Waals surface area contributed by atoms with Gasteiger partial charge in [-0.1, -0.05) is 6.92 Å². The molecule has 96 valence electrons. The molecule has 0 aliphatic rings. The minimum absolute atomic E-state index is 0.0637. The summed E-state index contributed by atoms with van der Waals surface area (Å²) in [6.07, 6.45) is 2.81. The summed E-state index contributed by atoms with van der Waals surface area (Å²) in [5, 5.41) is 9.09. The quantitative estimate of drug-likeness (QED) is 0.845. The fraction of sp³-hybridized carbons (Fsp3) is 0.333. The van der Waals surface area contributed by atoms with Crippen LogP contribution in [0.2, 0.25) is 0 Å². The highest BCUT2D eigenvalue weighted by molar-refractivity contribution is 7.80.